The molecule has 0 saturated carbocycles. The van der Waals surface area contributed by atoms with Crippen molar-refractivity contribution in [3.63, 3.8) is 0 Å². The van der Waals surface area contributed by atoms with Gasteiger partial charge in [-0.15, -0.1) is 11.3 Å². The van der Waals surface area contributed by atoms with Crippen molar-refractivity contribution in [2.45, 2.75) is 39.7 Å². The van der Waals surface area contributed by atoms with Gasteiger partial charge in [0.2, 0.25) is 0 Å². The van der Waals surface area contributed by atoms with Gasteiger partial charge in [0.15, 0.2) is 0 Å². The second-order valence-electron chi connectivity index (χ2n) is 5.86. The molecule has 0 radical (unpaired) electrons. The third kappa shape index (κ3) is 3.45. The number of nitrogens with one attached hydrogen (secondary N) is 2. The smallest absolute Gasteiger partial charge is 0.251 e. The number of rotatable bonds is 5. The predicted molar refractivity (Wildman–Crippen MR) is 95.2 cm³/mol. The minimum atomic E-state index is -0.0417. The molecular weight excluding hydrogens is 306 g/mol. The summed E-state index contributed by atoms with van der Waals surface area (Å²) in [6, 6.07) is 7.83. The van der Waals surface area contributed by atoms with E-state index in [4.69, 9.17) is 0 Å². The first-order chi connectivity index (χ1) is 11.1. The highest BCUT2D eigenvalue weighted by atomic mass is 32.1. The van der Waals surface area contributed by atoms with Gasteiger partial charge < -0.3 is 10.3 Å². The highest BCUT2D eigenvalue weighted by molar-refractivity contribution is 7.10. The zero-order chi connectivity index (χ0) is 16.4. The lowest BCUT2D eigenvalue weighted by Crippen LogP contribution is -2.34. The number of H-pyrrole nitrogens is 1. The van der Waals surface area contributed by atoms with Gasteiger partial charge in [0.25, 0.3) is 5.91 Å². The van der Waals surface area contributed by atoms with E-state index >= 15 is 0 Å². The van der Waals surface area contributed by atoms with Crippen LogP contribution in [-0.4, -0.2) is 21.9 Å². The first-order valence-electron chi connectivity index (χ1n) is 7.89. The molecule has 0 spiro atoms. The summed E-state index contributed by atoms with van der Waals surface area (Å²) in [6.45, 7) is 6.13. The number of imidazole rings is 1. The third-order valence-corrected chi connectivity index (χ3v) is 5.03. The summed E-state index contributed by atoms with van der Waals surface area (Å²) in [5.41, 5.74) is 3.78. The Kier molecular flexibility index (Phi) is 4.48. The number of amides is 1. The molecule has 0 aliphatic heterocycles. The fourth-order valence-corrected chi connectivity index (χ4v) is 3.69. The Morgan fingerprint density at radius 1 is 1.39 bits per heavy atom. The Morgan fingerprint density at radius 2 is 2.22 bits per heavy atom. The van der Waals surface area contributed by atoms with Gasteiger partial charge in [-0.2, -0.15) is 0 Å². The zero-order valence-electron chi connectivity index (χ0n) is 13.6. The Labute approximate surface area is 140 Å². The predicted octanol–water partition coefficient (Wildman–Crippen LogP) is 3.86. The summed E-state index contributed by atoms with van der Waals surface area (Å²) in [5, 5.41) is 5.21. The maximum atomic E-state index is 12.4. The minimum absolute atomic E-state index is 0.0417. The van der Waals surface area contributed by atoms with Crippen LogP contribution in [0.5, 0.6) is 0 Å². The van der Waals surface area contributed by atoms with Gasteiger partial charge in [0.05, 0.1) is 11.0 Å². The van der Waals surface area contributed by atoms with Crippen LogP contribution < -0.4 is 5.32 Å². The monoisotopic (exact) mass is 327 g/mol. The molecule has 0 bridgehead atoms. The molecular formula is C18H21N3OS. The second kappa shape index (κ2) is 6.54. The topological polar surface area (TPSA) is 57.8 Å². The number of aromatic amines is 1. The van der Waals surface area contributed by atoms with E-state index in [1.165, 1.54) is 10.4 Å². The van der Waals surface area contributed by atoms with Crippen molar-refractivity contribution in [3.05, 3.63) is 51.5 Å². The van der Waals surface area contributed by atoms with E-state index in [9.17, 15) is 4.79 Å². The van der Waals surface area contributed by atoms with Crippen molar-refractivity contribution in [3.8, 4) is 0 Å². The van der Waals surface area contributed by atoms with Crippen molar-refractivity contribution >= 4 is 28.3 Å². The van der Waals surface area contributed by atoms with Gasteiger partial charge in [-0.05, 0) is 61.9 Å². The summed E-state index contributed by atoms with van der Waals surface area (Å²) in [4.78, 5) is 21.4. The average molecular weight is 327 g/mol. The number of hydrogen-bond acceptors (Lipinski definition) is 3. The molecule has 1 aromatic carbocycles. The molecule has 23 heavy (non-hydrogen) atoms. The van der Waals surface area contributed by atoms with E-state index in [1.807, 2.05) is 32.0 Å². The van der Waals surface area contributed by atoms with Crippen LogP contribution in [0.1, 0.15) is 40.5 Å². The number of aryl methyl sites for hydroxylation is 2. The molecule has 3 rings (SSSR count). The molecule has 1 amide bonds. The second-order valence-corrected chi connectivity index (χ2v) is 6.86. The first-order valence-corrected chi connectivity index (χ1v) is 8.77. The zero-order valence-corrected chi connectivity index (χ0v) is 14.5. The van der Waals surface area contributed by atoms with Crippen LogP contribution in [0.3, 0.4) is 0 Å². The van der Waals surface area contributed by atoms with Crippen LogP contribution in [0.25, 0.3) is 11.0 Å². The van der Waals surface area contributed by atoms with E-state index < -0.39 is 0 Å². The molecule has 0 saturated heterocycles. The van der Waals surface area contributed by atoms with Crippen molar-refractivity contribution < 1.29 is 4.79 Å². The molecule has 0 aliphatic rings. The molecule has 5 heteroatoms. The number of hydrogen-bond donors (Lipinski definition) is 2. The molecule has 0 aliphatic carbocycles. The first kappa shape index (κ1) is 15.7. The van der Waals surface area contributed by atoms with Crippen LogP contribution in [-0.2, 0) is 12.8 Å². The Balaban J connectivity index is 1.69. The summed E-state index contributed by atoms with van der Waals surface area (Å²) in [5.74, 6) is 0.815. The van der Waals surface area contributed by atoms with Crippen molar-refractivity contribution in [1.29, 1.82) is 0 Å². The van der Waals surface area contributed by atoms with E-state index in [-0.39, 0.29) is 11.9 Å². The fourth-order valence-electron chi connectivity index (χ4n) is 2.83. The van der Waals surface area contributed by atoms with Crippen LogP contribution in [0.4, 0.5) is 0 Å². The maximum absolute atomic E-state index is 12.4. The number of aromatic nitrogens is 2. The maximum Gasteiger partial charge on any atom is 0.251 e. The minimum Gasteiger partial charge on any atom is -0.349 e. The molecule has 2 aromatic heterocycles. The standard InChI is InChI=1S/C18H21N3OS/c1-4-17-13(7-8-23-17)9-11(2)19-18(22)14-5-6-15-16(10-14)21-12(3)20-15/h5-8,10-11H,4,9H2,1-3H3,(H,19,22)(H,20,21). The van der Waals surface area contributed by atoms with Crippen LogP contribution in [0.15, 0.2) is 29.6 Å². The largest absolute Gasteiger partial charge is 0.349 e. The molecule has 2 heterocycles. The van der Waals surface area contributed by atoms with Gasteiger partial charge in [0.1, 0.15) is 5.82 Å². The molecule has 4 nitrogen and oxygen atoms in total. The Bertz CT molecular complexity index is 834. The van der Waals surface area contributed by atoms with Gasteiger partial charge >= 0.3 is 0 Å². The molecule has 1 atom stereocenters. The number of carbonyl (C=O) groups excluding carboxylic acids is 1. The van der Waals surface area contributed by atoms with Crippen molar-refractivity contribution in [1.82, 2.24) is 15.3 Å². The number of carbonyl (C=O) groups is 1. The SMILES string of the molecule is CCc1sccc1CC(C)NC(=O)c1ccc2nc(C)[nH]c2c1. The summed E-state index contributed by atoms with van der Waals surface area (Å²) < 4.78 is 0. The van der Waals surface area contributed by atoms with E-state index in [0.29, 0.717) is 5.56 Å². The summed E-state index contributed by atoms with van der Waals surface area (Å²) in [6.07, 6.45) is 1.91. The van der Waals surface area contributed by atoms with Crippen molar-refractivity contribution in [2.75, 3.05) is 0 Å². The molecule has 120 valence electrons. The molecule has 0 fully saturated rings. The lowest BCUT2D eigenvalue weighted by molar-refractivity contribution is 0.0940. The van der Waals surface area contributed by atoms with Crippen LogP contribution in [0.2, 0.25) is 0 Å². The highest BCUT2D eigenvalue weighted by Gasteiger charge is 2.13. The Hall–Kier alpha value is -2.14. The quantitative estimate of drug-likeness (QED) is 0.747. The Morgan fingerprint density at radius 3 is 3.00 bits per heavy atom. The summed E-state index contributed by atoms with van der Waals surface area (Å²) in [7, 11) is 0. The third-order valence-electron chi connectivity index (χ3n) is 3.92. The summed E-state index contributed by atoms with van der Waals surface area (Å²) >= 11 is 1.79. The van der Waals surface area contributed by atoms with Gasteiger partial charge in [-0.3, -0.25) is 4.79 Å². The lowest BCUT2D eigenvalue weighted by atomic mass is 10.1. The molecule has 1 unspecified atom stereocenters. The van der Waals surface area contributed by atoms with E-state index in [1.54, 1.807) is 11.3 Å². The molecule has 2 N–H and O–H groups in total. The van der Waals surface area contributed by atoms with Gasteiger partial charge in [0, 0.05) is 16.5 Å². The van der Waals surface area contributed by atoms with Crippen LogP contribution >= 0.6 is 11.3 Å². The number of benzene rings is 1. The van der Waals surface area contributed by atoms with Gasteiger partial charge in [-0.1, -0.05) is 6.92 Å². The average Bonchev–Trinajstić information content (AvgIpc) is 3.10. The normalized spacial score (nSPS) is 12.5. The number of nitrogens with zero attached hydrogens (tertiary/aromatic N) is 1. The van der Waals surface area contributed by atoms with E-state index in [2.05, 4.69) is 33.7 Å². The van der Waals surface area contributed by atoms with E-state index in [0.717, 1.165) is 29.7 Å². The highest BCUT2D eigenvalue weighted by Crippen LogP contribution is 2.19. The van der Waals surface area contributed by atoms with Crippen molar-refractivity contribution in [2.24, 2.45) is 0 Å². The fraction of sp³-hybridized carbons (Fsp3) is 0.333. The van der Waals surface area contributed by atoms with Gasteiger partial charge in [-0.25, -0.2) is 4.98 Å². The molecule has 3 aromatic rings. The number of thiophene rings is 1. The lowest BCUT2D eigenvalue weighted by Gasteiger charge is -2.14. The van der Waals surface area contributed by atoms with Crippen LogP contribution in [0, 0.1) is 6.92 Å². The number of fused-ring (bicyclic) bond motifs is 1.